The number of hydrogen-bond donors (Lipinski definition) is 0. The van der Waals surface area contributed by atoms with Gasteiger partial charge in [-0.2, -0.15) is 5.26 Å². The highest BCUT2D eigenvalue weighted by atomic mass is 16.6. The van der Waals surface area contributed by atoms with E-state index in [1.807, 2.05) is 11.0 Å². The molecule has 1 aliphatic rings. The molecule has 1 aromatic rings. The summed E-state index contributed by atoms with van der Waals surface area (Å²) in [5.74, 6) is -0.725. The van der Waals surface area contributed by atoms with Gasteiger partial charge in [0.2, 0.25) is 0 Å². The summed E-state index contributed by atoms with van der Waals surface area (Å²) in [5.41, 5.74) is 0.682. The van der Waals surface area contributed by atoms with Crippen LogP contribution in [0.3, 0.4) is 0 Å². The van der Waals surface area contributed by atoms with E-state index in [2.05, 4.69) is 0 Å². The number of benzene rings is 1. The third-order valence-corrected chi connectivity index (χ3v) is 3.65. The van der Waals surface area contributed by atoms with Crippen molar-refractivity contribution in [2.45, 2.75) is 13.3 Å². The van der Waals surface area contributed by atoms with Gasteiger partial charge in [-0.15, -0.1) is 0 Å². The van der Waals surface area contributed by atoms with E-state index in [1.165, 1.54) is 6.07 Å². The van der Waals surface area contributed by atoms with E-state index in [1.54, 1.807) is 19.1 Å². The Morgan fingerprint density at radius 2 is 2.18 bits per heavy atom. The van der Waals surface area contributed by atoms with Crippen LogP contribution in [0.1, 0.15) is 23.7 Å². The van der Waals surface area contributed by atoms with Gasteiger partial charge < -0.3 is 9.64 Å². The van der Waals surface area contributed by atoms with Gasteiger partial charge in [0.25, 0.3) is 5.69 Å². The van der Waals surface area contributed by atoms with Crippen molar-refractivity contribution in [1.82, 2.24) is 0 Å². The largest absolute Gasteiger partial charge is 0.378 e. The summed E-state index contributed by atoms with van der Waals surface area (Å²) in [5, 5.41) is 20.0. The smallest absolute Gasteiger partial charge is 0.293 e. The molecule has 1 aliphatic heterocycles. The van der Waals surface area contributed by atoms with Crippen molar-refractivity contribution >= 4 is 17.2 Å². The number of nitrogens with zero attached hydrogens (tertiary/aromatic N) is 3. The van der Waals surface area contributed by atoms with Crippen LogP contribution in [0, 0.1) is 27.4 Å². The normalized spacial score (nSPS) is 15.9. The van der Waals surface area contributed by atoms with Crippen LogP contribution >= 0.6 is 0 Å². The number of ketones is 1. The van der Waals surface area contributed by atoms with Gasteiger partial charge in [-0.1, -0.05) is 6.92 Å². The van der Waals surface area contributed by atoms with Crippen molar-refractivity contribution in [2.24, 2.45) is 5.92 Å². The van der Waals surface area contributed by atoms with E-state index in [9.17, 15) is 14.9 Å². The number of morpholine rings is 1. The Balaban J connectivity index is 2.33. The van der Waals surface area contributed by atoms with E-state index < -0.39 is 10.8 Å². The maximum absolute atomic E-state index is 12.2. The van der Waals surface area contributed by atoms with Gasteiger partial charge >= 0.3 is 0 Å². The third-order valence-electron chi connectivity index (χ3n) is 3.65. The summed E-state index contributed by atoms with van der Waals surface area (Å²) in [6.45, 7) is 3.86. The summed E-state index contributed by atoms with van der Waals surface area (Å²) in [7, 11) is 0. The molecule has 0 amide bonds. The summed E-state index contributed by atoms with van der Waals surface area (Å²) in [6, 6.07) is 6.45. The predicted molar refractivity (Wildman–Crippen MR) is 79.9 cm³/mol. The number of carbonyl (C=O) groups is 1. The number of nitriles is 1. The fraction of sp³-hybridized carbons (Fsp3) is 0.467. The van der Waals surface area contributed by atoms with Crippen LogP contribution in [-0.2, 0) is 4.74 Å². The molecular formula is C15H17N3O4. The summed E-state index contributed by atoms with van der Waals surface area (Å²) >= 11 is 0. The number of ether oxygens (including phenoxy) is 1. The first kappa shape index (κ1) is 15.9. The average Bonchev–Trinajstić information content (AvgIpc) is 2.54. The molecule has 7 heteroatoms. The molecule has 0 aromatic heterocycles. The molecule has 0 spiro atoms. The van der Waals surface area contributed by atoms with Crippen LogP contribution < -0.4 is 4.90 Å². The average molecular weight is 303 g/mol. The Morgan fingerprint density at radius 3 is 2.77 bits per heavy atom. The first-order valence-corrected chi connectivity index (χ1v) is 7.07. The number of hydrogen-bond acceptors (Lipinski definition) is 6. The molecule has 22 heavy (non-hydrogen) atoms. The van der Waals surface area contributed by atoms with E-state index in [-0.39, 0.29) is 23.5 Å². The number of rotatable bonds is 5. The lowest BCUT2D eigenvalue weighted by Crippen LogP contribution is -2.36. The second-order valence-electron chi connectivity index (χ2n) is 5.19. The first-order valence-electron chi connectivity index (χ1n) is 7.07. The summed E-state index contributed by atoms with van der Waals surface area (Å²) < 4.78 is 5.25. The molecule has 1 atom stereocenters. The van der Waals surface area contributed by atoms with Crippen LogP contribution in [-0.4, -0.2) is 37.0 Å². The van der Waals surface area contributed by atoms with Gasteiger partial charge in [-0.05, 0) is 12.1 Å². The van der Waals surface area contributed by atoms with Crippen molar-refractivity contribution in [2.75, 3.05) is 31.2 Å². The molecule has 1 fully saturated rings. The zero-order valence-corrected chi connectivity index (χ0v) is 12.3. The zero-order chi connectivity index (χ0) is 16.1. The number of nitro benzene ring substituents is 1. The minimum absolute atomic E-state index is 0.0862. The van der Waals surface area contributed by atoms with Crippen LogP contribution in [0.5, 0.6) is 0 Å². The van der Waals surface area contributed by atoms with E-state index in [0.29, 0.717) is 32.0 Å². The first-order chi connectivity index (χ1) is 10.5. The number of nitro groups is 1. The van der Waals surface area contributed by atoms with Crippen LogP contribution in [0.25, 0.3) is 0 Å². The van der Waals surface area contributed by atoms with Gasteiger partial charge in [-0.3, -0.25) is 14.9 Å². The second kappa shape index (κ2) is 7.00. The summed E-state index contributed by atoms with van der Waals surface area (Å²) in [4.78, 5) is 24.9. The molecule has 0 N–H and O–H groups in total. The van der Waals surface area contributed by atoms with E-state index in [4.69, 9.17) is 10.00 Å². The lowest BCUT2D eigenvalue weighted by Gasteiger charge is -2.28. The minimum atomic E-state index is -0.476. The molecule has 2 rings (SSSR count). The van der Waals surface area contributed by atoms with E-state index >= 15 is 0 Å². The molecule has 0 radical (unpaired) electrons. The van der Waals surface area contributed by atoms with E-state index in [0.717, 1.165) is 0 Å². The predicted octanol–water partition coefficient (Wildman–Crippen LogP) is 2.16. The van der Waals surface area contributed by atoms with Crippen LogP contribution in [0.2, 0.25) is 0 Å². The van der Waals surface area contributed by atoms with Gasteiger partial charge in [0.15, 0.2) is 5.78 Å². The van der Waals surface area contributed by atoms with Gasteiger partial charge in [0.05, 0.1) is 24.2 Å². The quantitative estimate of drug-likeness (QED) is 0.470. The third kappa shape index (κ3) is 3.40. The number of carbonyl (C=O) groups excluding carboxylic acids is 1. The zero-order valence-electron chi connectivity index (χ0n) is 12.3. The van der Waals surface area contributed by atoms with Crippen molar-refractivity contribution in [3.8, 4) is 6.07 Å². The van der Waals surface area contributed by atoms with Gasteiger partial charge in [-0.25, -0.2) is 0 Å². The standard InChI is InChI=1S/C15H17N3O4/c1-11(4-5-16)15(19)12-2-3-13(14(10-12)18(20)21)17-6-8-22-9-7-17/h2-3,10-11H,4,6-9H2,1H3. The minimum Gasteiger partial charge on any atom is -0.378 e. The fourth-order valence-corrected chi connectivity index (χ4v) is 2.41. The van der Waals surface area contributed by atoms with Crippen molar-refractivity contribution in [3.63, 3.8) is 0 Å². The lowest BCUT2D eigenvalue weighted by atomic mass is 9.96. The Morgan fingerprint density at radius 1 is 1.50 bits per heavy atom. The molecule has 1 aromatic carbocycles. The molecule has 7 nitrogen and oxygen atoms in total. The fourth-order valence-electron chi connectivity index (χ4n) is 2.41. The molecule has 0 bridgehead atoms. The molecule has 0 aliphatic carbocycles. The number of anilines is 1. The monoisotopic (exact) mass is 303 g/mol. The maximum atomic E-state index is 12.2. The van der Waals surface area contributed by atoms with Gasteiger partial charge in [0.1, 0.15) is 5.69 Å². The Hall–Kier alpha value is -2.46. The van der Waals surface area contributed by atoms with Gasteiger partial charge in [0, 0.05) is 37.1 Å². The molecule has 0 saturated carbocycles. The molecular weight excluding hydrogens is 286 g/mol. The lowest BCUT2D eigenvalue weighted by molar-refractivity contribution is -0.384. The molecule has 1 heterocycles. The summed E-state index contributed by atoms with van der Waals surface area (Å²) in [6.07, 6.45) is 0.0951. The Labute approximate surface area is 128 Å². The Bertz CT molecular complexity index is 618. The van der Waals surface area contributed by atoms with Crippen LogP contribution in [0.4, 0.5) is 11.4 Å². The highest BCUT2D eigenvalue weighted by Crippen LogP contribution is 2.30. The highest BCUT2D eigenvalue weighted by Gasteiger charge is 2.24. The topological polar surface area (TPSA) is 96.5 Å². The Kier molecular flexibility index (Phi) is 5.07. The van der Waals surface area contributed by atoms with Crippen LogP contribution in [0.15, 0.2) is 18.2 Å². The van der Waals surface area contributed by atoms with Crippen molar-refractivity contribution in [1.29, 1.82) is 5.26 Å². The maximum Gasteiger partial charge on any atom is 0.293 e. The SMILES string of the molecule is CC(CC#N)C(=O)c1ccc(N2CCOCC2)c([N+](=O)[O-])c1. The molecule has 1 unspecified atom stereocenters. The molecule has 116 valence electrons. The van der Waals surface area contributed by atoms with Crippen molar-refractivity contribution < 1.29 is 14.5 Å². The highest BCUT2D eigenvalue weighted by molar-refractivity contribution is 5.99. The number of Topliss-reactive ketones (excluding diaryl/α,β-unsaturated/α-hetero) is 1. The van der Waals surface area contributed by atoms with Crippen molar-refractivity contribution in [3.05, 3.63) is 33.9 Å². The molecule has 1 saturated heterocycles. The second-order valence-corrected chi connectivity index (χ2v) is 5.19.